The number of hydrogen-bond donors (Lipinski definition) is 0. The van der Waals surface area contributed by atoms with Gasteiger partial charge in [0, 0.05) is 64.6 Å². The molecule has 0 fully saturated rings. The minimum absolute atomic E-state index is 0.620. The summed E-state index contributed by atoms with van der Waals surface area (Å²) in [6.07, 6.45) is 0. The SMILES string of the molecule is c1ccc(-c2nc(-c3cccc4sc5cccc(-c6nc7ccccc7n6-c6ccccc6)c5c34)nc(-c3cccc4c3c3ccccc3n4-c3ccccc3)n2)cc1. The van der Waals surface area contributed by atoms with Gasteiger partial charge in [-0.3, -0.25) is 4.57 Å². The first kappa shape index (κ1) is 33.4. The minimum Gasteiger partial charge on any atom is -0.309 e. The molecule has 0 N–H and O–H groups in total. The molecule has 0 saturated heterocycles. The zero-order valence-electron chi connectivity index (χ0n) is 31.6. The minimum atomic E-state index is 0.620. The Labute approximate surface area is 343 Å². The molecule has 0 aliphatic carbocycles. The maximum Gasteiger partial charge on any atom is 0.164 e. The Balaban J connectivity index is 1.14. The van der Waals surface area contributed by atoms with Gasteiger partial charge in [0.2, 0.25) is 0 Å². The van der Waals surface area contributed by atoms with Crippen molar-refractivity contribution in [3.05, 3.63) is 194 Å². The van der Waals surface area contributed by atoms with Crippen molar-refractivity contribution in [2.24, 2.45) is 0 Å². The number of hydrogen-bond acceptors (Lipinski definition) is 5. The Morgan fingerprint density at radius 1 is 0.339 bits per heavy atom. The summed E-state index contributed by atoms with van der Waals surface area (Å²) in [6.45, 7) is 0. The second-order valence-electron chi connectivity index (χ2n) is 14.6. The lowest BCUT2D eigenvalue weighted by molar-refractivity contribution is 1.08. The number of para-hydroxylation sites is 5. The molecule has 276 valence electrons. The van der Waals surface area contributed by atoms with E-state index in [9.17, 15) is 0 Å². The summed E-state index contributed by atoms with van der Waals surface area (Å²) >= 11 is 1.78. The molecule has 0 spiro atoms. The summed E-state index contributed by atoms with van der Waals surface area (Å²) in [5.41, 5.74) is 10.3. The maximum absolute atomic E-state index is 5.43. The quantitative estimate of drug-likeness (QED) is 0.169. The standard InChI is InChI=1S/C52H32N6S/c1-4-17-33(18-5-1)49-54-50(37-24-14-30-43-46(37)36-23-10-12-28-41(36)57(43)34-19-6-2-7-20-34)56-51(55-49)38-25-15-31-44-47(38)48-39(26-16-32-45(48)59-44)52-53-40-27-11-13-29-42(40)58(52)35-21-8-3-9-22-35/h1-32H. The van der Waals surface area contributed by atoms with Crippen molar-refractivity contribution < 1.29 is 0 Å². The Bertz CT molecular complexity index is 3550. The van der Waals surface area contributed by atoms with Gasteiger partial charge >= 0.3 is 0 Å². The third kappa shape index (κ3) is 5.33. The predicted molar refractivity (Wildman–Crippen MR) is 243 cm³/mol. The average molecular weight is 773 g/mol. The second kappa shape index (κ2) is 13.4. The van der Waals surface area contributed by atoms with Crippen molar-refractivity contribution in [2.75, 3.05) is 0 Å². The maximum atomic E-state index is 5.43. The molecule has 6 nitrogen and oxygen atoms in total. The number of fused-ring (bicyclic) bond motifs is 7. The highest BCUT2D eigenvalue weighted by Gasteiger charge is 2.24. The Kier molecular flexibility index (Phi) is 7.61. The normalized spacial score (nSPS) is 11.7. The summed E-state index contributed by atoms with van der Waals surface area (Å²) in [5.74, 6) is 2.75. The molecule has 0 radical (unpaired) electrons. The van der Waals surface area contributed by atoms with Gasteiger partial charge in [0.15, 0.2) is 17.5 Å². The van der Waals surface area contributed by atoms with E-state index in [2.05, 4.69) is 185 Å². The van der Waals surface area contributed by atoms with Crippen molar-refractivity contribution in [1.29, 1.82) is 0 Å². The van der Waals surface area contributed by atoms with Gasteiger partial charge in [0.25, 0.3) is 0 Å². The first-order chi connectivity index (χ1) is 29.3. The Hall–Kier alpha value is -7.74. The fourth-order valence-corrected chi connectivity index (χ4v) is 9.84. The molecular formula is C52H32N6S. The Morgan fingerprint density at radius 3 is 1.56 bits per heavy atom. The van der Waals surface area contributed by atoms with Gasteiger partial charge < -0.3 is 4.57 Å². The zero-order valence-corrected chi connectivity index (χ0v) is 32.4. The van der Waals surface area contributed by atoms with Crippen molar-refractivity contribution in [3.63, 3.8) is 0 Å². The largest absolute Gasteiger partial charge is 0.309 e. The van der Waals surface area contributed by atoms with E-state index in [1.54, 1.807) is 11.3 Å². The molecule has 0 bridgehead atoms. The van der Waals surface area contributed by atoms with Crippen LogP contribution in [0.4, 0.5) is 0 Å². The van der Waals surface area contributed by atoms with Crippen molar-refractivity contribution in [3.8, 4) is 56.9 Å². The van der Waals surface area contributed by atoms with Crippen LogP contribution < -0.4 is 0 Å². The topological polar surface area (TPSA) is 61.4 Å². The molecule has 0 saturated carbocycles. The van der Waals surface area contributed by atoms with Crippen LogP contribution in [0.25, 0.3) is 110 Å². The third-order valence-electron chi connectivity index (χ3n) is 11.2. The number of thiophene rings is 1. The smallest absolute Gasteiger partial charge is 0.164 e. The highest BCUT2D eigenvalue weighted by atomic mass is 32.1. The second-order valence-corrected chi connectivity index (χ2v) is 15.7. The van der Waals surface area contributed by atoms with E-state index in [4.69, 9.17) is 19.9 Å². The van der Waals surface area contributed by atoms with E-state index in [-0.39, 0.29) is 0 Å². The number of aromatic nitrogens is 6. The molecule has 59 heavy (non-hydrogen) atoms. The number of imidazole rings is 1. The van der Waals surface area contributed by atoms with E-state index in [0.717, 1.165) is 87.8 Å². The summed E-state index contributed by atoms with van der Waals surface area (Å²) in [6, 6.07) is 67.7. The van der Waals surface area contributed by atoms with Crippen LogP contribution in [-0.4, -0.2) is 29.1 Å². The molecule has 12 rings (SSSR count). The van der Waals surface area contributed by atoms with E-state index >= 15 is 0 Å². The molecule has 12 aromatic rings. The monoisotopic (exact) mass is 772 g/mol. The van der Waals surface area contributed by atoms with E-state index in [1.807, 2.05) is 18.2 Å². The molecule has 4 heterocycles. The van der Waals surface area contributed by atoms with Crippen LogP contribution in [0.2, 0.25) is 0 Å². The summed E-state index contributed by atoms with van der Waals surface area (Å²) in [5, 5.41) is 4.48. The fraction of sp³-hybridized carbons (Fsp3) is 0. The van der Waals surface area contributed by atoms with Gasteiger partial charge in [0.1, 0.15) is 5.82 Å². The van der Waals surface area contributed by atoms with Crippen LogP contribution in [0.5, 0.6) is 0 Å². The summed E-state index contributed by atoms with van der Waals surface area (Å²) in [4.78, 5) is 21.3. The highest BCUT2D eigenvalue weighted by Crippen LogP contribution is 2.45. The fourth-order valence-electron chi connectivity index (χ4n) is 8.68. The van der Waals surface area contributed by atoms with Gasteiger partial charge in [-0.05, 0) is 60.7 Å². The molecule has 0 unspecified atom stereocenters. The summed E-state index contributed by atoms with van der Waals surface area (Å²) in [7, 11) is 0. The first-order valence-electron chi connectivity index (χ1n) is 19.7. The number of benzene rings is 8. The van der Waals surface area contributed by atoms with Gasteiger partial charge in [-0.15, -0.1) is 11.3 Å². The van der Waals surface area contributed by atoms with Crippen LogP contribution >= 0.6 is 11.3 Å². The van der Waals surface area contributed by atoms with Gasteiger partial charge in [-0.25, -0.2) is 19.9 Å². The molecule has 8 aromatic carbocycles. The molecule has 0 amide bonds. The Morgan fingerprint density at radius 2 is 0.847 bits per heavy atom. The average Bonchev–Trinajstić information content (AvgIpc) is 4.00. The number of rotatable bonds is 6. The van der Waals surface area contributed by atoms with E-state index in [1.165, 1.54) is 4.70 Å². The van der Waals surface area contributed by atoms with Crippen LogP contribution in [0, 0.1) is 0 Å². The molecule has 0 aliphatic heterocycles. The van der Waals surface area contributed by atoms with Crippen LogP contribution in [0.15, 0.2) is 194 Å². The summed E-state index contributed by atoms with van der Waals surface area (Å²) < 4.78 is 6.94. The third-order valence-corrected chi connectivity index (χ3v) is 12.3. The molecular weight excluding hydrogens is 741 g/mol. The van der Waals surface area contributed by atoms with Crippen LogP contribution in [0.3, 0.4) is 0 Å². The lowest BCUT2D eigenvalue weighted by atomic mass is 10.0. The van der Waals surface area contributed by atoms with Gasteiger partial charge in [-0.1, -0.05) is 133 Å². The van der Waals surface area contributed by atoms with Gasteiger partial charge in [0.05, 0.1) is 22.1 Å². The van der Waals surface area contributed by atoms with E-state index in [0.29, 0.717) is 17.5 Å². The predicted octanol–water partition coefficient (Wildman–Crippen LogP) is 13.3. The first-order valence-corrected chi connectivity index (χ1v) is 20.5. The van der Waals surface area contributed by atoms with E-state index < -0.39 is 0 Å². The number of nitrogens with zero attached hydrogens (tertiary/aromatic N) is 6. The lowest BCUT2D eigenvalue weighted by Crippen LogP contribution is -2.01. The van der Waals surface area contributed by atoms with Crippen LogP contribution in [0.1, 0.15) is 0 Å². The molecule has 7 heteroatoms. The lowest BCUT2D eigenvalue weighted by Gasteiger charge is -2.13. The molecule has 4 aromatic heterocycles. The van der Waals surface area contributed by atoms with Crippen molar-refractivity contribution >= 4 is 64.3 Å². The highest BCUT2D eigenvalue weighted by molar-refractivity contribution is 7.26. The van der Waals surface area contributed by atoms with Crippen LogP contribution in [-0.2, 0) is 0 Å². The molecule has 0 aliphatic rings. The molecule has 0 atom stereocenters. The van der Waals surface area contributed by atoms with Crippen molar-refractivity contribution in [1.82, 2.24) is 29.1 Å². The zero-order chi connectivity index (χ0) is 38.9. The van der Waals surface area contributed by atoms with Gasteiger partial charge in [-0.2, -0.15) is 0 Å². The van der Waals surface area contributed by atoms with Crippen molar-refractivity contribution in [2.45, 2.75) is 0 Å².